The minimum absolute atomic E-state index is 0.185. The van der Waals surface area contributed by atoms with Crippen molar-refractivity contribution in [2.24, 2.45) is 12.0 Å². The van der Waals surface area contributed by atoms with Gasteiger partial charge in [0.1, 0.15) is 22.2 Å². The van der Waals surface area contributed by atoms with Crippen molar-refractivity contribution < 1.29 is 14.7 Å². The predicted octanol–water partition coefficient (Wildman–Crippen LogP) is 0.680. The Morgan fingerprint density at radius 2 is 1.67 bits per heavy atom. The lowest BCUT2D eigenvalue weighted by Crippen LogP contribution is -2.27. The first kappa shape index (κ1) is 17.6. The van der Waals surface area contributed by atoms with Crippen molar-refractivity contribution in [3.63, 3.8) is 0 Å². The Morgan fingerprint density at radius 3 is 2.47 bits per heavy atom. The molecule has 5 aromatic rings. The molecule has 11 heteroatoms. The van der Waals surface area contributed by atoms with Crippen LogP contribution < -0.4 is 9.94 Å². The van der Waals surface area contributed by atoms with Crippen LogP contribution in [0.15, 0.2) is 65.8 Å². The van der Waals surface area contributed by atoms with Gasteiger partial charge in [0.05, 0.1) is 17.2 Å². The molecule has 0 saturated carbocycles. The maximum Gasteiger partial charge on any atom is 0.382 e. The molecule has 0 aliphatic carbocycles. The number of nitrogens with zero attached hydrogens (tertiary/aromatic N) is 8. The van der Waals surface area contributed by atoms with Crippen molar-refractivity contribution in [1.82, 2.24) is 34.7 Å². The fraction of sp³-hybridized carbons (Fsp3) is 0.0526. The number of carbonyl (C=O) groups is 1. The molecule has 0 atom stereocenters. The van der Waals surface area contributed by atoms with Crippen molar-refractivity contribution in [2.75, 3.05) is 0 Å². The number of aromatic nitrogens is 7. The molecule has 5 rings (SSSR count). The second kappa shape index (κ2) is 6.81. The van der Waals surface area contributed by atoms with Gasteiger partial charge in [0.15, 0.2) is 0 Å². The molecule has 11 nitrogen and oxygen atoms in total. The van der Waals surface area contributed by atoms with E-state index in [9.17, 15) is 9.90 Å². The first-order valence-electron chi connectivity index (χ1n) is 8.86. The summed E-state index contributed by atoms with van der Waals surface area (Å²) >= 11 is 0. The average Bonchev–Trinajstić information content (AvgIpc) is 3.45. The largest absolute Gasteiger partial charge is 0.844 e. The third kappa shape index (κ3) is 2.94. The van der Waals surface area contributed by atoms with E-state index in [1.54, 1.807) is 49.5 Å². The summed E-state index contributed by atoms with van der Waals surface area (Å²) in [6.07, 6.45) is 1.53. The molecule has 0 N–H and O–H groups in total. The Bertz CT molecular complexity index is 1430. The van der Waals surface area contributed by atoms with Gasteiger partial charge in [0, 0.05) is 13.2 Å². The standard InChI is InChI=1S/C19H14N8O3/c1-25-11-12(20-19(29)26-15-8-4-2-6-13(15)21-23-26)10-17(25)18(28)30-27-16-9-5-3-7-14(16)22-24-27/h2-11H,1H3,(H,20,29)/p-1. The molecule has 0 spiro atoms. The molecule has 0 bridgehead atoms. The Kier molecular flexibility index (Phi) is 3.98. The Balaban J connectivity index is 1.43. The predicted molar refractivity (Wildman–Crippen MR) is 104 cm³/mol. The molecule has 30 heavy (non-hydrogen) atoms. The van der Waals surface area contributed by atoms with Gasteiger partial charge in [-0.25, -0.2) is 14.5 Å². The van der Waals surface area contributed by atoms with Gasteiger partial charge < -0.3 is 14.5 Å². The highest BCUT2D eigenvalue weighted by molar-refractivity contribution is 5.91. The van der Waals surface area contributed by atoms with Crippen LogP contribution in [0, 0.1) is 0 Å². The van der Waals surface area contributed by atoms with Gasteiger partial charge in [-0.1, -0.05) is 34.3 Å². The maximum absolute atomic E-state index is 12.6. The van der Waals surface area contributed by atoms with Crippen LogP contribution in [0.3, 0.4) is 0 Å². The molecule has 3 heterocycles. The molecule has 3 aromatic heterocycles. The van der Waals surface area contributed by atoms with Gasteiger partial charge >= 0.3 is 5.97 Å². The fourth-order valence-electron chi connectivity index (χ4n) is 3.02. The van der Waals surface area contributed by atoms with Crippen molar-refractivity contribution >= 4 is 39.7 Å². The van der Waals surface area contributed by atoms with E-state index in [1.165, 1.54) is 16.8 Å². The van der Waals surface area contributed by atoms with Gasteiger partial charge in [0.25, 0.3) is 0 Å². The van der Waals surface area contributed by atoms with E-state index in [4.69, 9.17) is 4.84 Å². The molecule has 0 aliphatic heterocycles. The molecule has 0 aliphatic rings. The lowest BCUT2D eigenvalue weighted by Gasteiger charge is -2.09. The van der Waals surface area contributed by atoms with Crippen LogP contribution in [-0.4, -0.2) is 46.7 Å². The van der Waals surface area contributed by atoms with E-state index in [-0.39, 0.29) is 11.4 Å². The number of hydrogen-bond donors (Lipinski definition) is 0. The van der Waals surface area contributed by atoms with Gasteiger partial charge in [-0.05, 0) is 35.5 Å². The van der Waals surface area contributed by atoms with Crippen molar-refractivity contribution in [3.8, 4) is 0 Å². The lowest BCUT2D eigenvalue weighted by molar-refractivity contribution is -0.221. The third-order valence-electron chi connectivity index (χ3n) is 4.45. The molecule has 0 amide bonds. The summed E-state index contributed by atoms with van der Waals surface area (Å²) < 4.78 is 2.61. The molecule has 0 radical (unpaired) electrons. The summed E-state index contributed by atoms with van der Waals surface area (Å²) in [5.41, 5.74) is 2.73. The molecule has 2 aromatic carbocycles. The minimum atomic E-state index is -0.673. The summed E-state index contributed by atoms with van der Waals surface area (Å²) in [4.78, 5) is 23.0. The molecular formula is C19H13N8O3-. The number of aliphatic imine (C=N–C) groups is 1. The van der Waals surface area contributed by atoms with Crippen molar-refractivity contribution in [3.05, 3.63) is 66.5 Å². The van der Waals surface area contributed by atoms with Crippen LogP contribution in [0.2, 0.25) is 0 Å². The number of para-hydroxylation sites is 2. The number of fused-ring (bicyclic) bond motifs is 2. The number of hydrogen-bond acceptors (Lipinski definition) is 8. The summed E-state index contributed by atoms with van der Waals surface area (Å²) in [7, 11) is 1.64. The Hall–Kier alpha value is -4.54. The second-order valence-corrected chi connectivity index (χ2v) is 6.41. The first-order chi connectivity index (χ1) is 14.6. The average molecular weight is 401 g/mol. The zero-order valence-electron chi connectivity index (χ0n) is 15.6. The number of carbonyl (C=O) groups excluding carboxylic acids is 1. The monoisotopic (exact) mass is 401 g/mol. The summed E-state index contributed by atoms with van der Waals surface area (Å²) in [6.45, 7) is 0. The SMILES string of the molecule is Cn1cc(N=C([O-])n2nnc3ccccc32)cc1C(=O)On1nnc2ccccc21. The van der Waals surface area contributed by atoms with Gasteiger partial charge in [0.2, 0.25) is 0 Å². The molecule has 148 valence electrons. The number of benzene rings is 2. The molecular weight excluding hydrogens is 388 g/mol. The summed E-state index contributed by atoms with van der Waals surface area (Å²) in [6, 6.07) is 14.9. The maximum atomic E-state index is 12.6. The zero-order valence-corrected chi connectivity index (χ0v) is 15.6. The van der Waals surface area contributed by atoms with Crippen molar-refractivity contribution in [1.29, 1.82) is 0 Å². The highest BCUT2D eigenvalue weighted by Gasteiger charge is 2.17. The number of aryl methyl sites for hydroxylation is 1. The second-order valence-electron chi connectivity index (χ2n) is 6.41. The first-order valence-corrected chi connectivity index (χ1v) is 8.86. The Labute approximate surface area is 168 Å². The smallest absolute Gasteiger partial charge is 0.382 e. The van der Waals surface area contributed by atoms with Crippen LogP contribution in [0.25, 0.3) is 22.1 Å². The van der Waals surface area contributed by atoms with Crippen LogP contribution in [-0.2, 0) is 7.05 Å². The zero-order chi connectivity index (χ0) is 20.7. The van der Waals surface area contributed by atoms with E-state index >= 15 is 0 Å². The normalized spacial score (nSPS) is 12.0. The van der Waals surface area contributed by atoms with E-state index in [0.717, 1.165) is 9.53 Å². The quantitative estimate of drug-likeness (QED) is 0.247. The van der Waals surface area contributed by atoms with Crippen LogP contribution in [0.5, 0.6) is 0 Å². The molecule has 0 saturated heterocycles. The van der Waals surface area contributed by atoms with E-state index in [2.05, 4.69) is 25.6 Å². The molecule has 0 unspecified atom stereocenters. The van der Waals surface area contributed by atoms with E-state index in [1.807, 2.05) is 6.07 Å². The van der Waals surface area contributed by atoms with E-state index < -0.39 is 12.0 Å². The van der Waals surface area contributed by atoms with Gasteiger partial charge in [-0.3, -0.25) is 0 Å². The highest BCUT2D eigenvalue weighted by atomic mass is 16.7. The third-order valence-corrected chi connectivity index (χ3v) is 4.45. The summed E-state index contributed by atoms with van der Waals surface area (Å²) in [5, 5.41) is 28.1. The van der Waals surface area contributed by atoms with Gasteiger partial charge in [-0.15, -0.1) is 10.2 Å². The minimum Gasteiger partial charge on any atom is -0.844 e. The van der Waals surface area contributed by atoms with Crippen molar-refractivity contribution in [2.45, 2.75) is 0 Å². The molecule has 0 fully saturated rings. The van der Waals surface area contributed by atoms with Crippen LogP contribution >= 0.6 is 0 Å². The highest BCUT2D eigenvalue weighted by Crippen LogP contribution is 2.18. The fourth-order valence-corrected chi connectivity index (χ4v) is 3.02. The van der Waals surface area contributed by atoms with Crippen LogP contribution in [0.1, 0.15) is 10.5 Å². The van der Waals surface area contributed by atoms with Gasteiger partial charge in [-0.2, -0.15) is 0 Å². The number of rotatable bonds is 3. The lowest BCUT2D eigenvalue weighted by atomic mass is 10.3. The van der Waals surface area contributed by atoms with E-state index in [0.29, 0.717) is 22.1 Å². The topological polar surface area (TPSA) is 128 Å². The summed E-state index contributed by atoms with van der Waals surface area (Å²) in [5.74, 6) is -0.673. The van der Waals surface area contributed by atoms with Crippen LogP contribution in [0.4, 0.5) is 5.69 Å². The Morgan fingerprint density at radius 1 is 1.00 bits per heavy atom.